The van der Waals surface area contributed by atoms with Gasteiger partial charge in [0.2, 0.25) is 0 Å². The summed E-state index contributed by atoms with van der Waals surface area (Å²) in [5.41, 5.74) is 3.60. The van der Waals surface area contributed by atoms with Gasteiger partial charge in [0.05, 0.1) is 24.4 Å². The number of carbonyl (C=O) groups is 2. The Morgan fingerprint density at radius 1 is 1.05 bits per heavy atom. The molecule has 1 aromatic heterocycles. The molecule has 2 heterocycles. The lowest BCUT2D eigenvalue weighted by Crippen LogP contribution is -2.24. The maximum absolute atomic E-state index is 13.1. The molecule has 0 aliphatic carbocycles. The minimum atomic E-state index is -0.193. The Morgan fingerprint density at radius 3 is 2.64 bits per heavy atom. The zero-order valence-corrected chi connectivity index (χ0v) is 23.7. The summed E-state index contributed by atoms with van der Waals surface area (Å²) in [4.78, 5) is 35.4. The monoisotopic (exact) mass is 558 g/mol. The molecule has 0 saturated carbocycles. The molecule has 0 saturated heterocycles. The van der Waals surface area contributed by atoms with Gasteiger partial charge in [0.15, 0.2) is 0 Å². The second-order valence-corrected chi connectivity index (χ2v) is 11.7. The highest BCUT2D eigenvalue weighted by Crippen LogP contribution is 2.41. The van der Waals surface area contributed by atoms with Crippen molar-refractivity contribution in [2.45, 2.75) is 29.7 Å². The first-order chi connectivity index (χ1) is 18.9. The van der Waals surface area contributed by atoms with Crippen LogP contribution in [0, 0.1) is 6.92 Å². The van der Waals surface area contributed by atoms with Gasteiger partial charge >= 0.3 is 0 Å². The third-order valence-electron chi connectivity index (χ3n) is 6.36. The molecule has 1 aliphatic rings. The molecule has 7 nitrogen and oxygen atoms in total. The van der Waals surface area contributed by atoms with E-state index in [-0.39, 0.29) is 11.8 Å². The van der Waals surface area contributed by atoms with Crippen LogP contribution >= 0.6 is 23.1 Å². The molecule has 0 atom stereocenters. The highest BCUT2D eigenvalue weighted by molar-refractivity contribution is 7.99. The number of thiazole rings is 1. The lowest BCUT2D eigenvalue weighted by molar-refractivity contribution is 0.0949. The number of nitrogens with zero attached hydrogens (tertiary/aromatic N) is 2. The number of hydrogen-bond acceptors (Lipinski definition) is 7. The number of hydrogen-bond donors (Lipinski definition) is 2. The van der Waals surface area contributed by atoms with Crippen molar-refractivity contribution in [1.82, 2.24) is 15.2 Å². The van der Waals surface area contributed by atoms with Crippen molar-refractivity contribution in [3.63, 3.8) is 0 Å². The largest absolute Gasteiger partial charge is 0.494 e. The number of carbonyl (C=O) groups excluding carboxylic acids is 2. The molecule has 0 spiro atoms. The lowest BCUT2D eigenvalue weighted by atomic mass is 10.1. The topological polar surface area (TPSA) is 83.6 Å². The number of amides is 2. The van der Waals surface area contributed by atoms with Gasteiger partial charge in [0, 0.05) is 38.5 Å². The van der Waals surface area contributed by atoms with Gasteiger partial charge in [0.25, 0.3) is 11.8 Å². The van der Waals surface area contributed by atoms with Gasteiger partial charge in [-0.1, -0.05) is 23.9 Å². The van der Waals surface area contributed by atoms with Crippen molar-refractivity contribution < 1.29 is 14.3 Å². The van der Waals surface area contributed by atoms with E-state index in [9.17, 15) is 9.59 Å². The minimum Gasteiger partial charge on any atom is -0.494 e. The van der Waals surface area contributed by atoms with E-state index in [1.54, 1.807) is 17.5 Å². The van der Waals surface area contributed by atoms with Crippen LogP contribution in [-0.2, 0) is 6.54 Å². The highest BCUT2D eigenvalue weighted by Gasteiger charge is 2.23. The average Bonchev–Trinajstić information content (AvgIpc) is 3.35. The van der Waals surface area contributed by atoms with Crippen LogP contribution in [0.3, 0.4) is 0 Å². The van der Waals surface area contributed by atoms with E-state index in [1.807, 2.05) is 67.6 Å². The Kier molecular flexibility index (Phi) is 8.30. The van der Waals surface area contributed by atoms with Gasteiger partial charge in [-0.15, -0.1) is 11.3 Å². The van der Waals surface area contributed by atoms with Crippen molar-refractivity contribution in [2.24, 2.45) is 0 Å². The number of benzene rings is 3. The van der Waals surface area contributed by atoms with Crippen LogP contribution in [0.4, 0.5) is 5.69 Å². The molecule has 39 heavy (non-hydrogen) atoms. The quantitative estimate of drug-likeness (QED) is 0.242. The molecule has 9 heteroatoms. The molecule has 0 fully saturated rings. The summed E-state index contributed by atoms with van der Waals surface area (Å²) in [6.45, 7) is 3.91. The maximum atomic E-state index is 13.1. The van der Waals surface area contributed by atoms with Crippen molar-refractivity contribution in [3.05, 3.63) is 88.4 Å². The van der Waals surface area contributed by atoms with Gasteiger partial charge in [-0.05, 0) is 81.5 Å². The van der Waals surface area contributed by atoms with Gasteiger partial charge in [-0.3, -0.25) is 9.59 Å². The Labute approximate surface area is 236 Å². The molecular formula is C30H30N4O3S2. The lowest BCUT2D eigenvalue weighted by Gasteiger charge is -2.14. The Balaban J connectivity index is 1.21. The Hall–Kier alpha value is -3.66. The van der Waals surface area contributed by atoms with E-state index in [0.29, 0.717) is 30.0 Å². The third-order valence-corrected chi connectivity index (χ3v) is 8.54. The van der Waals surface area contributed by atoms with Crippen molar-refractivity contribution in [2.75, 3.05) is 32.6 Å². The zero-order valence-electron chi connectivity index (χ0n) is 22.1. The van der Waals surface area contributed by atoms with E-state index >= 15 is 0 Å². The van der Waals surface area contributed by atoms with Gasteiger partial charge in [0.1, 0.15) is 10.8 Å². The van der Waals surface area contributed by atoms with Crippen LogP contribution in [0.1, 0.15) is 37.6 Å². The van der Waals surface area contributed by atoms with E-state index in [4.69, 9.17) is 4.74 Å². The molecule has 2 N–H and O–H groups in total. The van der Waals surface area contributed by atoms with E-state index in [1.165, 1.54) is 11.8 Å². The van der Waals surface area contributed by atoms with E-state index in [2.05, 4.69) is 34.6 Å². The summed E-state index contributed by atoms with van der Waals surface area (Å²) in [6.07, 6.45) is 2.77. The molecule has 200 valence electrons. The predicted molar refractivity (Wildman–Crippen MR) is 157 cm³/mol. The molecule has 0 unspecified atom stereocenters. The molecule has 0 bridgehead atoms. The van der Waals surface area contributed by atoms with Crippen LogP contribution < -0.4 is 15.4 Å². The number of anilines is 1. The van der Waals surface area contributed by atoms with Crippen molar-refractivity contribution >= 4 is 40.6 Å². The first kappa shape index (κ1) is 26.9. The number of fused-ring (bicyclic) bond motifs is 2. The summed E-state index contributed by atoms with van der Waals surface area (Å²) in [5, 5.41) is 6.90. The Morgan fingerprint density at radius 2 is 1.85 bits per heavy atom. The first-order valence-corrected chi connectivity index (χ1v) is 14.3. The summed E-state index contributed by atoms with van der Waals surface area (Å²) >= 11 is 3.07. The predicted octanol–water partition coefficient (Wildman–Crippen LogP) is 6.10. The average molecular weight is 559 g/mol. The van der Waals surface area contributed by atoms with Crippen molar-refractivity contribution in [1.29, 1.82) is 0 Å². The van der Waals surface area contributed by atoms with Gasteiger partial charge in [-0.25, -0.2) is 4.98 Å². The van der Waals surface area contributed by atoms with Crippen LogP contribution in [0.2, 0.25) is 0 Å². The fourth-order valence-electron chi connectivity index (χ4n) is 4.27. The SMILES string of the molecule is Cc1c(C(=O)NCc2cnc(-c3ccc(OCCCN(C)C)cc3)s2)ccc2c1NC(=O)c1ccccc1S2. The molecule has 2 amide bonds. The number of nitrogens with one attached hydrogen (secondary N) is 2. The fraction of sp³-hybridized carbons (Fsp3) is 0.233. The summed E-state index contributed by atoms with van der Waals surface area (Å²) in [6, 6.07) is 19.2. The van der Waals surface area contributed by atoms with Crippen LogP contribution in [-0.4, -0.2) is 48.9 Å². The molecule has 0 radical (unpaired) electrons. The summed E-state index contributed by atoms with van der Waals surface area (Å²) < 4.78 is 5.82. The van der Waals surface area contributed by atoms with Crippen molar-refractivity contribution in [3.8, 4) is 16.3 Å². The van der Waals surface area contributed by atoms with Gasteiger partial charge < -0.3 is 20.3 Å². The van der Waals surface area contributed by atoms with Gasteiger partial charge in [-0.2, -0.15) is 0 Å². The zero-order chi connectivity index (χ0) is 27.4. The number of aromatic nitrogens is 1. The summed E-state index contributed by atoms with van der Waals surface area (Å²) in [7, 11) is 4.11. The molecule has 5 rings (SSSR count). The maximum Gasteiger partial charge on any atom is 0.256 e. The Bertz CT molecular complexity index is 1500. The highest BCUT2D eigenvalue weighted by atomic mass is 32.2. The van der Waals surface area contributed by atoms with Crippen LogP contribution in [0.25, 0.3) is 10.6 Å². The first-order valence-electron chi connectivity index (χ1n) is 12.7. The number of rotatable bonds is 9. The number of ether oxygens (including phenoxy) is 1. The van der Waals surface area contributed by atoms with Crippen LogP contribution in [0.15, 0.2) is 76.7 Å². The molecule has 1 aliphatic heterocycles. The molecule has 3 aromatic carbocycles. The third kappa shape index (κ3) is 6.33. The minimum absolute atomic E-state index is 0.168. The molecular weight excluding hydrogens is 528 g/mol. The second kappa shape index (κ2) is 12.0. The summed E-state index contributed by atoms with van der Waals surface area (Å²) in [5.74, 6) is 0.483. The smallest absolute Gasteiger partial charge is 0.256 e. The van der Waals surface area contributed by atoms with Crippen LogP contribution in [0.5, 0.6) is 5.75 Å². The standard InChI is InChI=1S/C30H30N4O3S2/c1-19-23(13-14-26-27(19)33-29(36)24-7-4-5-8-25(24)39-26)28(35)31-17-22-18-32-30(38-22)20-9-11-21(12-10-20)37-16-6-15-34(2)3/h4-5,7-14,18H,6,15-17H2,1-3H3,(H,31,35)(H,33,36). The molecule has 4 aromatic rings. The van der Waals surface area contributed by atoms with E-state index in [0.717, 1.165) is 49.5 Å². The normalized spacial score (nSPS) is 12.4. The van der Waals surface area contributed by atoms with E-state index < -0.39 is 0 Å². The fourth-order valence-corrected chi connectivity index (χ4v) is 6.22. The second-order valence-electron chi connectivity index (χ2n) is 9.51.